The van der Waals surface area contributed by atoms with Crippen molar-refractivity contribution in [1.82, 2.24) is 0 Å². The summed E-state index contributed by atoms with van der Waals surface area (Å²) in [5.41, 5.74) is 1.95. The average Bonchev–Trinajstić information content (AvgIpc) is 3.25. The maximum Gasteiger partial charge on any atom is 0.412 e. The number of carbonyl (C=O) groups excluding carboxylic acids is 4. The maximum atomic E-state index is 11.8. The van der Waals surface area contributed by atoms with Gasteiger partial charge in [-0.05, 0) is 60.7 Å². The number of rotatable bonds is 8. The zero-order valence-corrected chi connectivity index (χ0v) is 16.2. The Morgan fingerprint density at radius 2 is 1.06 bits per heavy atom. The molecule has 1 heterocycles. The molecule has 0 bridgehead atoms. The summed E-state index contributed by atoms with van der Waals surface area (Å²) >= 11 is 0. The Morgan fingerprint density at radius 3 is 1.42 bits per heavy atom. The van der Waals surface area contributed by atoms with Gasteiger partial charge in [0.1, 0.15) is 24.1 Å². The summed E-state index contributed by atoms with van der Waals surface area (Å²) in [7, 11) is 0. The molecule has 0 fully saturated rings. The highest BCUT2D eigenvalue weighted by Gasteiger charge is 2.10. The van der Waals surface area contributed by atoms with Gasteiger partial charge < -0.3 is 13.9 Å². The predicted molar refractivity (Wildman–Crippen MR) is 110 cm³/mol. The van der Waals surface area contributed by atoms with Crippen molar-refractivity contribution in [3.8, 4) is 0 Å². The Hall–Kier alpha value is -4.40. The van der Waals surface area contributed by atoms with E-state index in [2.05, 4.69) is 10.6 Å². The van der Waals surface area contributed by atoms with Crippen molar-refractivity contribution in [3.63, 3.8) is 0 Å². The van der Waals surface area contributed by atoms with Gasteiger partial charge in [0.05, 0.1) is 0 Å². The van der Waals surface area contributed by atoms with Gasteiger partial charge in [0.2, 0.25) is 0 Å². The molecule has 3 aromatic rings. The Balaban J connectivity index is 1.40. The quantitative estimate of drug-likeness (QED) is 0.516. The molecule has 0 saturated carbocycles. The van der Waals surface area contributed by atoms with Crippen molar-refractivity contribution >= 4 is 36.1 Å². The van der Waals surface area contributed by atoms with E-state index in [1.165, 1.54) is 0 Å². The first-order valence-corrected chi connectivity index (χ1v) is 9.11. The van der Waals surface area contributed by atoms with Crippen LogP contribution in [-0.4, -0.2) is 24.8 Å². The number of ether oxygens (including phenoxy) is 2. The number of carbonyl (C=O) groups is 4. The molecule has 0 aliphatic carbocycles. The van der Waals surface area contributed by atoms with Gasteiger partial charge in [0, 0.05) is 22.5 Å². The first-order valence-electron chi connectivity index (χ1n) is 9.11. The van der Waals surface area contributed by atoms with E-state index in [1.54, 1.807) is 60.7 Å². The van der Waals surface area contributed by atoms with Crippen LogP contribution in [0.1, 0.15) is 32.2 Å². The second-order valence-electron chi connectivity index (χ2n) is 6.25. The van der Waals surface area contributed by atoms with Gasteiger partial charge in [-0.15, -0.1) is 0 Å². The molecular formula is C22H18N2O7. The van der Waals surface area contributed by atoms with Crippen LogP contribution in [0.25, 0.3) is 0 Å². The Bertz CT molecular complexity index is 972. The molecule has 2 N–H and O–H groups in total. The zero-order chi connectivity index (χ0) is 22.1. The predicted octanol–water partition coefficient (Wildman–Crippen LogP) is 4.40. The van der Waals surface area contributed by atoms with Crippen molar-refractivity contribution < 1.29 is 33.1 Å². The summed E-state index contributed by atoms with van der Waals surface area (Å²) in [6.07, 6.45) is 0.0348. The minimum atomic E-state index is -0.687. The summed E-state index contributed by atoms with van der Waals surface area (Å²) in [4.78, 5) is 44.9. The number of nitrogens with one attached hydrogen (secondary N) is 2. The van der Waals surface area contributed by atoms with Gasteiger partial charge in [-0.2, -0.15) is 0 Å². The first kappa shape index (κ1) is 21.3. The van der Waals surface area contributed by atoms with Crippen LogP contribution in [0.2, 0.25) is 0 Å². The number of amides is 2. The summed E-state index contributed by atoms with van der Waals surface area (Å²) < 4.78 is 15.6. The number of furan rings is 1. The molecule has 0 atom stereocenters. The minimum Gasteiger partial charge on any atom is -0.459 e. The van der Waals surface area contributed by atoms with E-state index in [0.717, 1.165) is 0 Å². The van der Waals surface area contributed by atoms with E-state index in [1.807, 2.05) is 0 Å². The third-order valence-corrected chi connectivity index (χ3v) is 3.99. The number of aldehydes is 2. The monoisotopic (exact) mass is 422 g/mol. The highest BCUT2D eigenvalue weighted by Crippen LogP contribution is 2.13. The van der Waals surface area contributed by atoms with Gasteiger partial charge in [-0.3, -0.25) is 20.2 Å². The summed E-state index contributed by atoms with van der Waals surface area (Å²) in [5.74, 6) is 0.741. The van der Waals surface area contributed by atoms with Crippen molar-refractivity contribution in [2.45, 2.75) is 13.2 Å². The Morgan fingerprint density at radius 1 is 0.677 bits per heavy atom. The van der Waals surface area contributed by atoms with Crippen molar-refractivity contribution in [3.05, 3.63) is 83.3 Å². The van der Waals surface area contributed by atoms with E-state index in [0.29, 0.717) is 46.6 Å². The molecule has 0 aliphatic heterocycles. The van der Waals surface area contributed by atoms with Crippen LogP contribution >= 0.6 is 0 Å². The van der Waals surface area contributed by atoms with Crippen LogP contribution in [0.3, 0.4) is 0 Å². The second kappa shape index (κ2) is 10.4. The van der Waals surface area contributed by atoms with E-state index in [4.69, 9.17) is 13.9 Å². The number of hydrogen-bond donors (Lipinski definition) is 2. The molecule has 2 aromatic carbocycles. The van der Waals surface area contributed by atoms with E-state index < -0.39 is 12.2 Å². The fraction of sp³-hybridized carbons (Fsp3) is 0.0909. The minimum absolute atomic E-state index is 0.118. The van der Waals surface area contributed by atoms with Gasteiger partial charge >= 0.3 is 12.2 Å². The normalized spacial score (nSPS) is 10.1. The molecule has 0 spiro atoms. The SMILES string of the molecule is O=Cc1ccc(NC(=O)OCc2ccc(COC(=O)Nc3ccc(C=O)cc3)o2)cc1. The zero-order valence-electron chi connectivity index (χ0n) is 16.2. The summed E-state index contributed by atoms with van der Waals surface area (Å²) in [6.45, 7) is -0.235. The smallest absolute Gasteiger partial charge is 0.412 e. The third kappa shape index (κ3) is 6.57. The lowest BCUT2D eigenvalue weighted by molar-refractivity contribution is 0.111. The van der Waals surface area contributed by atoms with Crippen LogP contribution in [-0.2, 0) is 22.7 Å². The Labute approximate surface area is 177 Å². The van der Waals surface area contributed by atoms with E-state index >= 15 is 0 Å². The van der Waals surface area contributed by atoms with Crippen molar-refractivity contribution in [2.24, 2.45) is 0 Å². The molecule has 0 unspecified atom stereocenters. The maximum absolute atomic E-state index is 11.8. The lowest BCUT2D eigenvalue weighted by Gasteiger charge is -2.06. The van der Waals surface area contributed by atoms with Crippen LogP contribution in [0.4, 0.5) is 21.0 Å². The third-order valence-electron chi connectivity index (χ3n) is 3.99. The first-order chi connectivity index (χ1) is 15.1. The lowest BCUT2D eigenvalue weighted by atomic mass is 10.2. The largest absolute Gasteiger partial charge is 0.459 e. The lowest BCUT2D eigenvalue weighted by Crippen LogP contribution is -2.13. The molecule has 31 heavy (non-hydrogen) atoms. The molecule has 0 aliphatic rings. The summed E-state index contributed by atoms with van der Waals surface area (Å²) in [6, 6.07) is 15.8. The van der Waals surface area contributed by atoms with Crippen LogP contribution < -0.4 is 10.6 Å². The fourth-order valence-electron chi connectivity index (χ4n) is 2.45. The fourth-order valence-corrected chi connectivity index (χ4v) is 2.45. The van der Waals surface area contributed by atoms with E-state index in [9.17, 15) is 19.2 Å². The number of anilines is 2. The topological polar surface area (TPSA) is 124 Å². The number of benzene rings is 2. The standard InChI is InChI=1S/C22H18N2O7/c25-11-15-1-5-17(6-2-15)23-21(27)29-13-19-9-10-20(31-19)14-30-22(28)24-18-7-3-16(12-26)4-8-18/h1-12H,13-14H2,(H,23,27)(H,24,28). The van der Waals surface area contributed by atoms with Gasteiger partial charge in [0.25, 0.3) is 0 Å². The Kier molecular flexibility index (Phi) is 7.15. The molecule has 2 amide bonds. The highest BCUT2D eigenvalue weighted by atomic mass is 16.6. The van der Waals surface area contributed by atoms with Gasteiger partial charge in [-0.1, -0.05) is 0 Å². The highest BCUT2D eigenvalue weighted by molar-refractivity contribution is 5.86. The van der Waals surface area contributed by atoms with Crippen LogP contribution in [0.15, 0.2) is 65.1 Å². The van der Waals surface area contributed by atoms with E-state index in [-0.39, 0.29) is 13.2 Å². The average molecular weight is 422 g/mol. The molecule has 9 heteroatoms. The van der Waals surface area contributed by atoms with Crippen LogP contribution in [0.5, 0.6) is 0 Å². The second-order valence-corrected chi connectivity index (χ2v) is 6.25. The molecule has 0 radical (unpaired) electrons. The van der Waals surface area contributed by atoms with Crippen molar-refractivity contribution in [1.29, 1.82) is 0 Å². The molecular weight excluding hydrogens is 404 g/mol. The number of hydrogen-bond acceptors (Lipinski definition) is 7. The van der Waals surface area contributed by atoms with Gasteiger partial charge in [0.15, 0.2) is 13.2 Å². The van der Waals surface area contributed by atoms with Crippen molar-refractivity contribution in [2.75, 3.05) is 10.6 Å². The van der Waals surface area contributed by atoms with Gasteiger partial charge in [-0.25, -0.2) is 9.59 Å². The molecule has 1 aromatic heterocycles. The summed E-state index contributed by atoms with van der Waals surface area (Å²) in [5, 5.41) is 5.05. The molecule has 0 saturated heterocycles. The molecule has 9 nitrogen and oxygen atoms in total. The van der Waals surface area contributed by atoms with Crippen LogP contribution in [0, 0.1) is 0 Å². The molecule has 3 rings (SSSR count). The molecule has 158 valence electrons.